The quantitative estimate of drug-likeness (QED) is 0.0527. The van der Waals surface area contributed by atoms with Crippen molar-refractivity contribution in [3.8, 4) is 45.3 Å². The van der Waals surface area contributed by atoms with Crippen LogP contribution in [0, 0.1) is 0 Å². The van der Waals surface area contributed by atoms with E-state index in [4.69, 9.17) is 42.9 Å². The maximum absolute atomic E-state index is 12.3. The maximum atomic E-state index is 12.3. The van der Waals surface area contributed by atoms with Gasteiger partial charge in [0.1, 0.15) is 23.0 Å². The van der Waals surface area contributed by atoms with Gasteiger partial charge in [0.05, 0.1) is 12.7 Å². The number of Topliss-reactive ketones (excluding diaryl/α,β-unsaturated/α-hetero) is 1. The van der Waals surface area contributed by atoms with E-state index in [1.165, 1.54) is 31.2 Å². The molecule has 0 atom stereocenters. The van der Waals surface area contributed by atoms with Crippen LogP contribution in [0.1, 0.15) is 57.2 Å². The van der Waals surface area contributed by atoms with Crippen LogP contribution >= 0.6 is 23.2 Å². The molecule has 0 aliphatic carbocycles. The number of benzene rings is 6. The van der Waals surface area contributed by atoms with Gasteiger partial charge in [0, 0.05) is 16.7 Å². The van der Waals surface area contributed by atoms with E-state index < -0.39 is 16.5 Å². The summed E-state index contributed by atoms with van der Waals surface area (Å²) in [5, 5.41) is 17.0. The van der Waals surface area contributed by atoms with Crippen molar-refractivity contribution < 1.29 is 91.7 Å². The number of hydrogen-bond acceptors (Lipinski definition) is 8. The van der Waals surface area contributed by atoms with Crippen molar-refractivity contribution in [3.05, 3.63) is 168 Å². The van der Waals surface area contributed by atoms with E-state index in [1.807, 2.05) is 60.7 Å². The molecule has 54 heavy (non-hydrogen) atoms. The predicted molar refractivity (Wildman–Crippen MR) is 210 cm³/mol. The molecule has 6 rings (SSSR count). The molecule has 0 bridgehead atoms. The minimum atomic E-state index is -0.602. The molecule has 272 valence electrons. The molecule has 0 aliphatic heterocycles. The summed E-state index contributed by atoms with van der Waals surface area (Å²) in [6, 6.07) is 41.3. The van der Waals surface area contributed by atoms with Crippen molar-refractivity contribution in [1.29, 1.82) is 0 Å². The Balaban J connectivity index is 0.000000443. The molecule has 0 amide bonds. The topological polar surface area (TPSA) is 127 Å². The van der Waals surface area contributed by atoms with Crippen molar-refractivity contribution in [2.75, 3.05) is 7.11 Å². The molecule has 0 aromatic heterocycles. The van der Waals surface area contributed by atoms with Gasteiger partial charge in [-0.1, -0.05) is 86.3 Å². The predicted octanol–water partition coefficient (Wildman–Crippen LogP) is 7.75. The third kappa shape index (κ3) is 14.0. The van der Waals surface area contributed by atoms with Crippen molar-refractivity contribution in [1.82, 2.24) is 0 Å². The number of carbonyl (C=O) groups is 4. The fraction of sp³-hybridized carbons (Fsp3) is 0.0698. The van der Waals surface area contributed by atoms with E-state index in [-0.39, 0.29) is 88.6 Å². The normalized spacial score (nSPS) is 9.63. The van der Waals surface area contributed by atoms with E-state index >= 15 is 0 Å². The Morgan fingerprint density at radius 1 is 0.519 bits per heavy atom. The standard InChI is InChI=1S/C22H18O4.C12H10O2.C8H4Cl2O2.CH4.K.H/c1-15(23)18-4-3-5-19(14-18)22(24)26-21-12-8-17(9-13-21)16-6-10-20(25-2)11-7-16;13-11-5-1-9(2-6-11)10-3-7-12(14)8-4-10;9-7(11)5-2-1-3-6(4-5)8(10)12;;;/h3-14H,1-2H3;1-8,13-14H;1-4H;1H4;;/q;;;;+1;-1. The number of ketones is 1. The number of methoxy groups -OCH3 is 1. The number of phenolic OH excluding ortho intramolecular Hbond substituents is 2. The van der Waals surface area contributed by atoms with Crippen LogP contribution in [0.4, 0.5) is 0 Å². The molecule has 0 saturated heterocycles. The molecule has 0 fully saturated rings. The third-order valence-corrected chi connectivity index (χ3v) is 7.81. The molecule has 0 spiro atoms. The summed E-state index contributed by atoms with van der Waals surface area (Å²) in [6.45, 7) is 1.46. The third-order valence-electron chi connectivity index (χ3n) is 7.38. The molecule has 11 heteroatoms. The zero-order chi connectivity index (χ0) is 37.6. The van der Waals surface area contributed by atoms with Gasteiger partial charge in [0.25, 0.3) is 10.5 Å². The van der Waals surface area contributed by atoms with Gasteiger partial charge >= 0.3 is 57.4 Å². The fourth-order valence-electron chi connectivity index (χ4n) is 4.60. The minimum absolute atomic E-state index is 0. The number of halogens is 2. The average molecular weight is 792 g/mol. The molecular weight excluding hydrogens is 754 g/mol. The van der Waals surface area contributed by atoms with Crippen LogP contribution in [0.2, 0.25) is 0 Å². The van der Waals surface area contributed by atoms with Gasteiger partial charge in [-0.3, -0.25) is 14.4 Å². The maximum Gasteiger partial charge on any atom is 1.00 e. The van der Waals surface area contributed by atoms with E-state index in [0.29, 0.717) is 16.9 Å². The molecule has 6 aromatic carbocycles. The van der Waals surface area contributed by atoms with Crippen molar-refractivity contribution in [3.63, 3.8) is 0 Å². The zero-order valence-corrected chi connectivity index (χ0v) is 33.6. The van der Waals surface area contributed by atoms with Gasteiger partial charge in [-0.15, -0.1) is 0 Å². The molecule has 8 nitrogen and oxygen atoms in total. The number of ether oxygens (including phenoxy) is 2. The Labute approximate surface area is 368 Å². The first-order valence-electron chi connectivity index (χ1n) is 15.6. The van der Waals surface area contributed by atoms with Crippen LogP contribution < -0.4 is 60.9 Å². The van der Waals surface area contributed by atoms with Gasteiger partial charge in [-0.25, -0.2) is 4.79 Å². The fourth-order valence-corrected chi connectivity index (χ4v) is 4.84. The van der Waals surface area contributed by atoms with Gasteiger partial charge in [0.2, 0.25) is 0 Å². The van der Waals surface area contributed by atoms with E-state index in [9.17, 15) is 19.2 Å². The number of rotatable bonds is 8. The van der Waals surface area contributed by atoms with Gasteiger partial charge in [0.15, 0.2) is 5.78 Å². The number of aromatic hydroxyl groups is 2. The number of hydrogen-bond donors (Lipinski definition) is 2. The van der Waals surface area contributed by atoms with Crippen LogP contribution in [0.3, 0.4) is 0 Å². The molecular formula is C43H37Cl2KO8. The second-order valence-corrected chi connectivity index (χ2v) is 11.7. The second kappa shape index (κ2) is 22.6. The molecule has 0 saturated carbocycles. The van der Waals surface area contributed by atoms with Crippen LogP contribution in [0.15, 0.2) is 146 Å². The Morgan fingerprint density at radius 2 is 0.852 bits per heavy atom. The smallest absolute Gasteiger partial charge is 1.00 e. The zero-order valence-electron chi connectivity index (χ0n) is 30.0. The number of phenols is 2. The summed E-state index contributed by atoms with van der Waals surface area (Å²) in [5.74, 6) is 1.17. The van der Waals surface area contributed by atoms with Crippen LogP contribution in [0.5, 0.6) is 23.0 Å². The average Bonchev–Trinajstić information content (AvgIpc) is 3.16. The van der Waals surface area contributed by atoms with Crippen LogP contribution in [-0.2, 0) is 0 Å². The minimum Gasteiger partial charge on any atom is -1.00 e. The molecule has 0 heterocycles. The largest absolute Gasteiger partial charge is 1.00 e. The second-order valence-electron chi connectivity index (χ2n) is 11.0. The van der Waals surface area contributed by atoms with Crippen LogP contribution in [0.25, 0.3) is 22.3 Å². The molecule has 2 N–H and O–H groups in total. The Hall–Kier alpha value is -4.58. The van der Waals surface area contributed by atoms with E-state index in [1.54, 1.807) is 67.8 Å². The summed E-state index contributed by atoms with van der Waals surface area (Å²) in [4.78, 5) is 45.0. The first-order valence-corrected chi connectivity index (χ1v) is 16.3. The first-order chi connectivity index (χ1) is 24.9. The number of esters is 1. The summed E-state index contributed by atoms with van der Waals surface area (Å²) in [5.41, 5.74) is 5.44. The first kappa shape index (κ1) is 45.6. The summed E-state index contributed by atoms with van der Waals surface area (Å²) >= 11 is 10.4. The SMILES string of the molecule is C.COc1ccc(-c2ccc(OC(=O)c3cccc(C(C)=O)c3)cc2)cc1.O=C(Cl)c1cccc(C(=O)Cl)c1.Oc1ccc(-c2ccc(O)cc2)cc1.[H-].[K+]. The summed E-state index contributed by atoms with van der Waals surface area (Å²) in [7, 11) is 1.63. The van der Waals surface area contributed by atoms with Gasteiger partial charge < -0.3 is 21.1 Å². The Kier molecular flexibility index (Phi) is 19.1. The van der Waals surface area contributed by atoms with Gasteiger partial charge in [-0.2, -0.15) is 0 Å². The molecule has 0 unspecified atom stereocenters. The van der Waals surface area contributed by atoms with E-state index in [0.717, 1.165) is 28.0 Å². The summed E-state index contributed by atoms with van der Waals surface area (Å²) < 4.78 is 10.5. The molecule has 0 radical (unpaired) electrons. The van der Waals surface area contributed by atoms with Crippen molar-refractivity contribution in [2.24, 2.45) is 0 Å². The monoisotopic (exact) mass is 790 g/mol. The van der Waals surface area contributed by atoms with Crippen molar-refractivity contribution >= 4 is 45.4 Å². The number of carbonyl (C=O) groups excluding carboxylic acids is 4. The molecule has 6 aromatic rings. The van der Waals surface area contributed by atoms with Gasteiger partial charge in [-0.05, 0) is 119 Å². The summed E-state index contributed by atoms with van der Waals surface area (Å²) in [6.07, 6.45) is 0. The Bertz CT molecular complexity index is 2090. The molecule has 0 aliphatic rings. The van der Waals surface area contributed by atoms with Crippen LogP contribution in [-0.4, -0.2) is 39.6 Å². The van der Waals surface area contributed by atoms with Crippen molar-refractivity contribution in [2.45, 2.75) is 14.4 Å². The Morgan fingerprint density at radius 3 is 1.22 bits per heavy atom. The van der Waals surface area contributed by atoms with E-state index in [2.05, 4.69) is 0 Å².